The second-order valence-corrected chi connectivity index (χ2v) is 5.28. The van der Waals surface area contributed by atoms with E-state index in [9.17, 15) is 14.7 Å². The van der Waals surface area contributed by atoms with Gasteiger partial charge in [-0.2, -0.15) is 0 Å². The lowest BCUT2D eigenvalue weighted by molar-refractivity contribution is -0.142. The number of hydrogen-bond acceptors (Lipinski definition) is 4. The predicted molar refractivity (Wildman–Crippen MR) is 78.2 cm³/mol. The SMILES string of the molecule is Cc1ncncc1C(=O)N1Cc2ccccc2CC1C(=O)O. The van der Waals surface area contributed by atoms with E-state index in [1.807, 2.05) is 24.3 Å². The Morgan fingerprint density at radius 1 is 1.27 bits per heavy atom. The Morgan fingerprint density at radius 2 is 2.00 bits per heavy atom. The number of aryl methyl sites for hydroxylation is 1. The summed E-state index contributed by atoms with van der Waals surface area (Å²) in [6, 6.07) is 6.72. The highest BCUT2D eigenvalue weighted by Gasteiger charge is 2.35. The zero-order chi connectivity index (χ0) is 15.7. The molecule has 22 heavy (non-hydrogen) atoms. The van der Waals surface area contributed by atoms with Crippen molar-refractivity contribution in [2.45, 2.75) is 25.9 Å². The normalized spacial score (nSPS) is 17.0. The van der Waals surface area contributed by atoms with Gasteiger partial charge in [0.05, 0.1) is 11.3 Å². The fourth-order valence-corrected chi connectivity index (χ4v) is 2.71. The molecule has 1 aromatic carbocycles. The quantitative estimate of drug-likeness (QED) is 0.906. The highest BCUT2D eigenvalue weighted by atomic mass is 16.4. The number of carboxylic acids is 1. The minimum atomic E-state index is -1.00. The molecule has 1 aromatic heterocycles. The van der Waals surface area contributed by atoms with Gasteiger partial charge in [0.15, 0.2) is 0 Å². The van der Waals surface area contributed by atoms with Crippen LogP contribution in [0.2, 0.25) is 0 Å². The molecule has 0 aliphatic carbocycles. The monoisotopic (exact) mass is 297 g/mol. The first-order valence-corrected chi connectivity index (χ1v) is 6.95. The fraction of sp³-hybridized carbons (Fsp3) is 0.250. The van der Waals surface area contributed by atoms with Crippen LogP contribution in [0, 0.1) is 6.92 Å². The van der Waals surface area contributed by atoms with Crippen molar-refractivity contribution in [2.24, 2.45) is 0 Å². The molecule has 0 spiro atoms. The van der Waals surface area contributed by atoms with Gasteiger partial charge in [-0.25, -0.2) is 14.8 Å². The third-order valence-electron chi connectivity index (χ3n) is 3.94. The van der Waals surface area contributed by atoms with E-state index in [0.717, 1.165) is 11.1 Å². The zero-order valence-corrected chi connectivity index (χ0v) is 12.1. The van der Waals surface area contributed by atoms with Crippen molar-refractivity contribution in [1.82, 2.24) is 14.9 Å². The average molecular weight is 297 g/mol. The second-order valence-electron chi connectivity index (χ2n) is 5.28. The van der Waals surface area contributed by atoms with Crippen molar-refractivity contribution in [3.8, 4) is 0 Å². The van der Waals surface area contributed by atoms with E-state index in [4.69, 9.17) is 0 Å². The molecule has 2 heterocycles. The molecule has 6 nitrogen and oxygen atoms in total. The standard InChI is InChI=1S/C16H15N3O3/c1-10-13(7-17-9-18-10)15(20)19-8-12-5-3-2-4-11(12)6-14(19)16(21)22/h2-5,7,9,14H,6,8H2,1H3,(H,21,22). The number of aliphatic carboxylic acids is 1. The lowest BCUT2D eigenvalue weighted by Crippen LogP contribution is -2.48. The lowest BCUT2D eigenvalue weighted by Gasteiger charge is -2.34. The van der Waals surface area contributed by atoms with E-state index in [1.54, 1.807) is 6.92 Å². The number of fused-ring (bicyclic) bond motifs is 1. The maximum absolute atomic E-state index is 12.7. The van der Waals surface area contributed by atoms with Crippen LogP contribution in [0.25, 0.3) is 0 Å². The third-order valence-corrected chi connectivity index (χ3v) is 3.94. The Balaban J connectivity index is 1.99. The molecule has 0 bridgehead atoms. The maximum atomic E-state index is 12.7. The van der Waals surface area contributed by atoms with Gasteiger partial charge in [-0.05, 0) is 18.1 Å². The molecule has 1 aliphatic rings. The fourth-order valence-electron chi connectivity index (χ4n) is 2.71. The van der Waals surface area contributed by atoms with Crippen LogP contribution in [0.15, 0.2) is 36.8 Å². The molecule has 1 atom stereocenters. The van der Waals surface area contributed by atoms with Gasteiger partial charge < -0.3 is 10.0 Å². The average Bonchev–Trinajstić information content (AvgIpc) is 2.53. The largest absolute Gasteiger partial charge is 0.480 e. The number of carbonyl (C=O) groups is 2. The minimum absolute atomic E-state index is 0.278. The summed E-state index contributed by atoms with van der Waals surface area (Å²) in [7, 11) is 0. The molecule has 1 aliphatic heterocycles. The smallest absolute Gasteiger partial charge is 0.326 e. The van der Waals surface area contributed by atoms with Crippen LogP contribution < -0.4 is 0 Å². The molecule has 1 unspecified atom stereocenters. The number of amides is 1. The van der Waals surface area contributed by atoms with Crippen molar-refractivity contribution < 1.29 is 14.7 Å². The Morgan fingerprint density at radius 3 is 2.68 bits per heavy atom. The molecule has 0 fully saturated rings. The molecule has 1 amide bonds. The van der Waals surface area contributed by atoms with E-state index in [1.165, 1.54) is 17.4 Å². The van der Waals surface area contributed by atoms with Gasteiger partial charge in [0, 0.05) is 19.2 Å². The van der Waals surface area contributed by atoms with E-state index in [2.05, 4.69) is 9.97 Å². The molecule has 2 aromatic rings. The lowest BCUT2D eigenvalue weighted by atomic mass is 9.93. The summed E-state index contributed by atoms with van der Waals surface area (Å²) in [6.07, 6.45) is 3.11. The third kappa shape index (κ3) is 2.43. The van der Waals surface area contributed by atoms with Crippen molar-refractivity contribution in [2.75, 3.05) is 0 Å². The number of carbonyl (C=O) groups excluding carboxylic acids is 1. The number of aromatic nitrogens is 2. The minimum Gasteiger partial charge on any atom is -0.480 e. The van der Waals surface area contributed by atoms with Gasteiger partial charge in [0.25, 0.3) is 5.91 Å². The Hall–Kier alpha value is -2.76. The molecule has 112 valence electrons. The number of nitrogens with zero attached hydrogens (tertiary/aromatic N) is 3. The van der Waals surface area contributed by atoms with Crippen LogP contribution in [0.4, 0.5) is 0 Å². The molecule has 6 heteroatoms. The van der Waals surface area contributed by atoms with Crippen LogP contribution >= 0.6 is 0 Å². The summed E-state index contributed by atoms with van der Waals surface area (Å²) in [5, 5.41) is 9.47. The first-order valence-electron chi connectivity index (χ1n) is 6.95. The Bertz CT molecular complexity index is 745. The predicted octanol–water partition coefficient (Wildman–Crippen LogP) is 1.44. The highest BCUT2D eigenvalue weighted by Crippen LogP contribution is 2.25. The molecule has 1 N–H and O–H groups in total. The molecule has 3 rings (SSSR count). The van der Waals surface area contributed by atoms with E-state index >= 15 is 0 Å². The molecule has 0 saturated carbocycles. The van der Waals surface area contributed by atoms with Crippen LogP contribution in [0.1, 0.15) is 27.2 Å². The van der Waals surface area contributed by atoms with Crippen molar-refractivity contribution in [3.63, 3.8) is 0 Å². The summed E-state index contributed by atoms with van der Waals surface area (Å²) in [4.78, 5) is 33.6. The number of benzene rings is 1. The summed E-state index contributed by atoms with van der Waals surface area (Å²) in [5.74, 6) is -1.35. The van der Waals surface area contributed by atoms with Crippen LogP contribution in [0.5, 0.6) is 0 Å². The van der Waals surface area contributed by atoms with E-state index < -0.39 is 12.0 Å². The van der Waals surface area contributed by atoms with Crippen LogP contribution in [-0.4, -0.2) is 37.9 Å². The van der Waals surface area contributed by atoms with Crippen molar-refractivity contribution in [3.05, 3.63) is 59.2 Å². The zero-order valence-electron chi connectivity index (χ0n) is 12.1. The van der Waals surface area contributed by atoms with Crippen molar-refractivity contribution in [1.29, 1.82) is 0 Å². The van der Waals surface area contributed by atoms with Crippen molar-refractivity contribution >= 4 is 11.9 Å². The van der Waals surface area contributed by atoms with Gasteiger partial charge in [0.1, 0.15) is 12.4 Å². The van der Waals surface area contributed by atoms with Gasteiger partial charge in [-0.1, -0.05) is 24.3 Å². The van der Waals surface area contributed by atoms with Gasteiger partial charge in [0.2, 0.25) is 0 Å². The highest BCUT2D eigenvalue weighted by molar-refractivity contribution is 5.97. The molecule has 0 radical (unpaired) electrons. The molecular weight excluding hydrogens is 282 g/mol. The van der Waals surface area contributed by atoms with Gasteiger partial charge in [-0.3, -0.25) is 4.79 Å². The summed E-state index contributed by atoms with van der Waals surface area (Å²) in [5.41, 5.74) is 2.83. The van der Waals surface area contributed by atoms with Gasteiger partial charge in [-0.15, -0.1) is 0 Å². The van der Waals surface area contributed by atoms with E-state index in [-0.39, 0.29) is 12.5 Å². The molecule has 0 saturated heterocycles. The summed E-state index contributed by atoms with van der Waals surface area (Å²) >= 11 is 0. The van der Waals surface area contributed by atoms with Crippen LogP contribution in [0.3, 0.4) is 0 Å². The van der Waals surface area contributed by atoms with Crippen LogP contribution in [-0.2, 0) is 17.8 Å². The first-order chi connectivity index (χ1) is 10.6. The number of rotatable bonds is 2. The van der Waals surface area contributed by atoms with E-state index in [0.29, 0.717) is 17.7 Å². The summed E-state index contributed by atoms with van der Waals surface area (Å²) in [6.45, 7) is 1.99. The number of hydrogen-bond donors (Lipinski definition) is 1. The second kappa shape index (κ2) is 5.55. The number of carboxylic acid groups (broad SMARTS) is 1. The first kappa shape index (κ1) is 14.2. The molecular formula is C16H15N3O3. The Labute approximate surface area is 127 Å². The maximum Gasteiger partial charge on any atom is 0.326 e. The Kier molecular flexibility index (Phi) is 3.58. The summed E-state index contributed by atoms with van der Waals surface area (Å²) < 4.78 is 0. The van der Waals surface area contributed by atoms with Gasteiger partial charge >= 0.3 is 5.97 Å². The topological polar surface area (TPSA) is 83.4 Å².